The van der Waals surface area contributed by atoms with E-state index in [1.54, 1.807) is 0 Å². The molecule has 0 aromatic heterocycles. The van der Waals surface area contributed by atoms with Crippen LogP contribution in [0, 0.1) is 13.8 Å². The van der Waals surface area contributed by atoms with E-state index in [0.29, 0.717) is 0 Å². The molecule has 0 bridgehead atoms. The van der Waals surface area contributed by atoms with E-state index in [1.165, 1.54) is 55.3 Å². The fourth-order valence-corrected chi connectivity index (χ4v) is 2.11. The summed E-state index contributed by atoms with van der Waals surface area (Å²) in [5.41, 5.74) is 4.36. The van der Waals surface area contributed by atoms with Gasteiger partial charge >= 0.3 is 0 Å². The van der Waals surface area contributed by atoms with E-state index >= 15 is 0 Å². The number of aryl methyl sites for hydroxylation is 3. The fraction of sp³-hybridized carbons (Fsp3) is 0.625. The van der Waals surface area contributed by atoms with Crippen LogP contribution in [0.25, 0.3) is 0 Å². The van der Waals surface area contributed by atoms with Crippen molar-refractivity contribution in [2.45, 2.75) is 52.9 Å². The fourth-order valence-electron chi connectivity index (χ4n) is 2.11. The number of hydrogen-bond donors (Lipinski definition) is 1. The van der Waals surface area contributed by atoms with Gasteiger partial charge < -0.3 is 5.32 Å². The first-order valence-electron chi connectivity index (χ1n) is 7.01. The van der Waals surface area contributed by atoms with E-state index in [4.69, 9.17) is 0 Å². The number of nitrogens with one attached hydrogen (secondary N) is 1. The molecule has 0 aliphatic heterocycles. The lowest BCUT2D eigenvalue weighted by atomic mass is 10.00. The molecule has 17 heavy (non-hydrogen) atoms. The van der Waals surface area contributed by atoms with Gasteiger partial charge in [0.05, 0.1) is 0 Å². The van der Waals surface area contributed by atoms with Crippen molar-refractivity contribution in [1.82, 2.24) is 5.32 Å². The molecule has 0 aliphatic carbocycles. The van der Waals surface area contributed by atoms with Crippen LogP contribution in [0.2, 0.25) is 0 Å². The summed E-state index contributed by atoms with van der Waals surface area (Å²) in [7, 11) is 0. The molecular formula is C16H27N. The van der Waals surface area contributed by atoms with Crippen LogP contribution < -0.4 is 5.32 Å². The Morgan fingerprint density at radius 2 is 1.82 bits per heavy atom. The number of hydrogen-bond acceptors (Lipinski definition) is 1. The van der Waals surface area contributed by atoms with Gasteiger partial charge in [0, 0.05) is 0 Å². The molecule has 0 heterocycles. The van der Waals surface area contributed by atoms with Crippen LogP contribution in [0.1, 0.15) is 49.3 Å². The molecule has 0 spiro atoms. The van der Waals surface area contributed by atoms with E-state index in [0.717, 1.165) is 6.54 Å². The third kappa shape index (κ3) is 5.88. The Hall–Kier alpha value is -0.820. The highest BCUT2D eigenvalue weighted by Crippen LogP contribution is 2.13. The van der Waals surface area contributed by atoms with Gasteiger partial charge in [0.15, 0.2) is 0 Å². The minimum absolute atomic E-state index is 1.16. The van der Waals surface area contributed by atoms with Gasteiger partial charge in [-0.2, -0.15) is 0 Å². The van der Waals surface area contributed by atoms with Crippen molar-refractivity contribution in [3.63, 3.8) is 0 Å². The number of rotatable bonds is 8. The molecule has 0 aliphatic rings. The summed E-state index contributed by atoms with van der Waals surface area (Å²) in [5, 5.41) is 3.45. The molecule has 0 unspecified atom stereocenters. The third-order valence-electron chi connectivity index (χ3n) is 3.23. The van der Waals surface area contributed by atoms with Crippen molar-refractivity contribution in [3.05, 3.63) is 34.9 Å². The number of unbranched alkanes of at least 4 members (excludes halogenated alkanes) is 2. The lowest BCUT2D eigenvalue weighted by molar-refractivity contribution is 0.598. The van der Waals surface area contributed by atoms with E-state index in [-0.39, 0.29) is 0 Å². The minimum atomic E-state index is 1.16. The second-order valence-electron chi connectivity index (χ2n) is 4.99. The van der Waals surface area contributed by atoms with Crippen LogP contribution in [0.3, 0.4) is 0 Å². The van der Waals surface area contributed by atoms with Gasteiger partial charge in [0.1, 0.15) is 0 Å². The van der Waals surface area contributed by atoms with Crippen LogP contribution in [0.5, 0.6) is 0 Å². The predicted octanol–water partition coefficient (Wildman–Crippen LogP) is 4.02. The predicted molar refractivity (Wildman–Crippen MR) is 76.6 cm³/mol. The number of benzene rings is 1. The molecular weight excluding hydrogens is 206 g/mol. The summed E-state index contributed by atoms with van der Waals surface area (Å²) >= 11 is 0. The summed E-state index contributed by atoms with van der Waals surface area (Å²) in [6.45, 7) is 8.96. The van der Waals surface area contributed by atoms with Gasteiger partial charge in [-0.15, -0.1) is 0 Å². The zero-order chi connectivity index (χ0) is 12.5. The smallest absolute Gasteiger partial charge is 0.00489 e. The first kappa shape index (κ1) is 14.2. The summed E-state index contributed by atoms with van der Waals surface area (Å²) in [6, 6.07) is 6.78. The molecule has 0 saturated heterocycles. The molecule has 1 aromatic carbocycles. The lowest BCUT2D eigenvalue weighted by Gasteiger charge is -2.07. The molecule has 1 rings (SSSR count). The molecule has 0 fully saturated rings. The van der Waals surface area contributed by atoms with Crippen molar-refractivity contribution in [2.75, 3.05) is 13.1 Å². The van der Waals surface area contributed by atoms with Crippen molar-refractivity contribution in [1.29, 1.82) is 0 Å². The quantitative estimate of drug-likeness (QED) is 0.669. The standard InChI is InChI=1S/C16H27N/c1-4-11-17-12-7-5-6-8-16-13-14(2)9-10-15(16)3/h9-10,13,17H,4-8,11-12H2,1-3H3. The maximum atomic E-state index is 3.45. The molecule has 1 aromatic rings. The van der Waals surface area contributed by atoms with Crippen molar-refractivity contribution in [2.24, 2.45) is 0 Å². The molecule has 1 nitrogen and oxygen atoms in total. The van der Waals surface area contributed by atoms with Crippen LogP contribution >= 0.6 is 0 Å². The maximum absolute atomic E-state index is 3.45. The normalized spacial score (nSPS) is 10.8. The molecule has 0 radical (unpaired) electrons. The zero-order valence-corrected chi connectivity index (χ0v) is 11.7. The Morgan fingerprint density at radius 3 is 2.59 bits per heavy atom. The molecule has 0 amide bonds. The Morgan fingerprint density at radius 1 is 1.00 bits per heavy atom. The SMILES string of the molecule is CCCNCCCCCc1cc(C)ccc1C. The van der Waals surface area contributed by atoms with Crippen LogP contribution in [0.4, 0.5) is 0 Å². The molecule has 96 valence electrons. The Labute approximate surface area is 107 Å². The second-order valence-corrected chi connectivity index (χ2v) is 4.99. The topological polar surface area (TPSA) is 12.0 Å². The lowest BCUT2D eigenvalue weighted by Crippen LogP contribution is -2.15. The van der Waals surface area contributed by atoms with Gasteiger partial charge in [0.2, 0.25) is 0 Å². The van der Waals surface area contributed by atoms with Crippen molar-refractivity contribution >= 4 is 0 Å². The highest BCUT2D eigenvalue weighted by atomic mass is 14.8. The monoisotopic (exact) mass is 233 g/mol. The third-order valence-corrected chi connectivity index (χ3v) is 3.23. The largest absolute Gasteiger partial charge is 0.317 e. The average Bonchev–Trinajstić information content (AvgIpc) is 2.32. The Bertz CT molecular complexity index is 317. The summed E-state index contributed by atoms with van der Waals surface area (Å²) in [5.74, 6) is 0. The van der Waals surface area contributed by atoms with E-state index in [2.05, 4.69) is 44.3 Å². The van der Waals surface area contributed by atoms with E-state index in [9.17, 15) is 0 Å². The van der Waals surface area contributed by atoms with Crippen LogP contribution in [0.15, 0.2) is 18.2 Å². The first-order chi connectivity index (χ1) is 8.24. The Kier molecular flexibility index (Phi) is 6.95. The highest BCUT2D eigenvalue weighted by Gasteiger charge is 1.98. The minimum Gasteiger partial charge on any atom is -0.317 e. The second kappa shape index (κ2) is 8.30. The van der Waals surface area contributed by atoms with Crippen molar-refractivity contribution < 1.29 is 0 Å². The molecule has 1 heteroatoms. The van der Waals surface area contributed by atoms with Crippen LogP contribution in [-0.4, -0.2) is 13.1 Å². The Balaban J connectivity index is 2.15. The van der Waals surface area contributed by atoms with Gasteiger partial charge in [0.25, 0.3) is 0 Å². The van der Waals surface area contributed by atoms with Gasteiger partial charge in [-0.05, 0) is 63.7 Å². The molecule has 0 atom stereocenters. The average molecular weight is 233 g/mol. The van der Waals surface area contributed by atoms with E-state index < -0.39 is 0 Å². The van der Waals surface area contributed by atoms with Gasteiger partial charge in [-0.3, -0.25) is 0 Å². The first-order valence-corrected chi connectivity index (χ1v) is 7.01. The molecule has 1 N–H and O–H groups in total. The van der Waals surface area contributed by atoms with Gasteiger partial charge in [-0.25, -0.2) is 0 Å². The summed E-state index contributed by atoms with van der Waals surface area (Å²) < 4.78 is 0. The zero-order valence-electron chi connectivity index (χ0n) is 11.7. The van der Waals surface area contributed by atoms with Crippen LogP contribution in [-0.2, 0) is 6.42 Å². The summed E-state index contributed by atoms with van der Waals surface area (Å²) in [4.78, 5) is 0. The molecule has 0 saturated carbocycles. The van der Waals surface area contributed by atoms with Crippen molar-refractivity contribution in [3.8, 4) is 0 Å². The van der Waals surface area contributed by atoms with Gasteiger partial charge in [-0.1, -0.05) is 37.1 Å². The van der Waals surface area contributed by atoms with E-state index in [1.807, 2.05) is 0 Å². The maximum Gasteiger partial charge on any atom is -0.00489 e. The highest BCUT2D eigenvalue weighted by molar-refractivity contribution is 5.30. The summed E-state index contributed by atoms with van der Waals surface area (Å²) in [6.07, 6.45) is 6.44.